The molecule has 1 amide bonds. The van der Waals surface area contributed by atoms with Gasteiger partial charge >= 0.3 is 5.97 Å². The normalized spacial score (nSPS) is 12.7. The summed E-state index contributed by atoms with van der Waals surface area (Å²) in [6.07, 6.45) is 0. The fourth-order valence-corrected chi connectivity index (χ4v) is 2.94. The van der Waals surface area contributed by atoms with Gasteiger partial charge in [0.1, 0.15) is 6.04 Å². The summed E-state index contributed by atoms with van der Waals surface area (Å²) in [5, 5.41) is 2.31. The monoisotopic (exact) mass is 328 g/mol. The first-order valence-corrected chi connectivity index (χ1v) is 8.21. The molecule has 0 aliphatic heterocycles. The van der Waals surface area contributed by atoms with Gasteiger partial charge < -0.3 is 10.1 Å². The van der Waals surface area contributed by atoms with E-state index in [1.54, 1.807) is 32.0 Å². The lowest BCUT2D eigenvalue weighted by Crippen LogP contribution is -2.46. The molecule has 1 aromatic carbocycles. The van der Waals surface area contributed by atoms with Crippen LogP contribution in [0.1, 0.15) is 13.8 Å². The molecule has 122 valence electrons. The molecule has 0 aliphatic carbocycles. The number of amides is 1. The second-order valence-electron chi connectivity index (χ2n) is 4.94. The maximum atomic E-state index is 12.2. The lowest BCUT2D eigenvalue weighted by molar-refractivity contribution is -0.151. The van der Waals surface area contributed by atoms with Gasteiger partial charge in [-0.05, 0) is 18.1 Å². The van der Waals surface area contributed by atoms with Gasteiger partial charge in [0, 0.05) is 7.05 Å². The van der Waals surface area contributed by atoms with E-state index in [0.717, 1.165) is 0 Å². The van der Waals surface area contributed by atoms with E-state index in [1.807, 2.05) is 0 Å². The van der Waals surface area contributed by atoms with Crippen molar-refractivity contribution in [1.29, 1.82) is 0 Å². The molecule has 0 saturated heterocycles. The quantitative estimate of drug-likeness (QED) is 0.700. The Hall–Kier alpha value is -1.93. The van der Waals surface area contributed by atoms with E-state index in [-0.39, 0.29) is 10.8 Å². The summed E-state index contributed by atoms with van der Waals surface area (Å²) < 4.78 is 31.6. The van der Waals surface area contributed by atoms with Crippen molar-refractivity contribution in [2.24, 2.45) is 5.92 Å². The molecule has 0 aliphatic rings. The highest BCUT2D eigenvalue weighted by atomic mass is 32.2. The molecule has 0 radical (unpaired) electrons. The van der Waals surface area contributed by atoms with Crippen LogP contribution in [0.4, 0.5) is 0 Å². The van der Waals surface area contributed by atoms with Crippen molar-refractivity contribution in [3.8, 4) is 0 Å². The molecular formula is C14H20N2O5S. The number of sulfonamides is 1. The number of carbonyl (C=O) groups excluding carboxylic acids is 2. The maximum Gasteiger partial charge on any atom is 0.324 e. The van der Waals surface area contributed by atoms with Gasteiger partial charge in [0.2, 0.25) is 10.0 Å². The second kappa shape index (κ2) is 7.90. The zero-order valence-electron chi connectivity index (χ0n) is 12.7. The van der Waals surface area contributed by atoms with Crippen LogP contribution in [0.3, 0.4) is 0 Å². The third-order valence-corrected chi connectivity index (χ3v) is 4.34. The largest absolute Gasteiger partial charge is 0.454 e. The van der Waals surface area contributed by atoms with Crippen LogP contribution in [-0.4, -0.2) is 40.0 Å². The highest BCUT2D eigenvalue weighted by Gasteiger charge is 2.29. The lowest BCUT2D eigenvalue weighted by atomic mass is 10.1. The van der Waals surface area contributed by atoms with Gasteiger partial charge in [0.25, 0.3) is 5.91 Å². The zero-order chi connectivity index (χ0) is 16.8. The van der Waals surface area contributed by atoms with Crippen molar-refractivity contribution in [2.45, 2.75) is 24.8 Å². The highest BCUT2D eigenvalue weighted by Crippen LogP contribution is 2.12. The predicted molar refractivity (Wildman–Crippen MR) is 80.4 cm³/mol. The van der Waals surface area contributed by atoms with Gasteiger partial charge in [-0.15, -0.1) is 0 Å². The van der Waals surface area contributed by atoms with E-state index in [0.29, 0.717) is 0 Å². The Balaban J connectivity index is 2.84. The fraction of sp³-hybridized carbons (Fsp3) is 0.429. The van der Waals surface area contributed by atoms with E-state index in [1.165, 1.54) is 19.2 Å². The molecule has 0 fully saturated rings. The van der Waals surface area contributed by atoms with Gasteiger partial charge in [-0.2, -0.15) is 4.72 Å². The summed E-state index contributed by atoms with van der Waals surface area (Å²) in [7, 11) is -2.43. The van der Waals surface area contributed by atoms with E-state index in [4.69, 9.17) is 4.74 Å². The molecule has 0 heterocycles. The number of likely N-dealkylation sites (N-methyl/N-ethyl adjacent to an activating group) is 1. The van der Waals surface area contributed by atoms with Crippen molar-refractivity contribution in [3.05, 3.63) is 30.3 Å². The summed E-state index contributed by atoms with van der Waals surface area (Å²) in [5.74, 6) is -1.60. The maximum absolute atomic E-state index is 12.2. The number of rotatable bonds is 7. The first-order valence-electron chi connectivity index (χ1n) is 6.72. The summed E-state index contributed by atoms with van der Waals surface area (Å²) in [6.45, 7) is 2.91. The molecule has 1 aromatic rings. The molecule has 22 heavy (non-hydrogen) atoms. The topological polar surface area (TPSA) is 102 Å². The number of nitrogens with one attached hydrogen (secondary N) is 2. The average molecular weight is 328 g/mol. The van der Waals surface area contributed by atoms with E-state index < -0.39 is 34.5 Å². The van der Waals surface area contributed by atoms with Crippen LogP contribution in [0.2, 0.25) is 0 Å². The smallest absolute Gasteiger partial charge is 0.324 e. The summed E-state index contributed by atoms with van der Waals surface area (Å²) in [5.41, 5.74) is 0. The Bertz CT molecular complexity index is 613. The SMILES string of the molecule is CNC(=O)COC(=O)C(NS(=O)(=O)c1ccccc1)C(C)C. The van der Waals surface area contributed by atoms with Crippen LogP contribution < -0.4 is 10.0 Å². The van der Waals surface area contributed by atoms with Crippen LogP contribution in [0, 0.1) is 5.92 Å². The van der Waals surface area contributed by atoms with Gasteiger partial charge in [-0.1, -0.05) is 32.0 Å². The van der Waals surface area contributed by atoms with Crippen molar-refractivity contribution in [1.82, 2.24) is 10.0 Å². The van der Waals surface area contributed by atoms with E-state index in [2.05, 4.69) is 10.0 Å². The minimum atomic E-state index is -3.85. The summed E-state index contributed by atoms with van der Waals surface area (Å²) in [6, 6.07) is 6.64. The van der Waals surface area contributed by atoms with E-state index in [9.17, 15) is 18.0 Å². The van der Waals surface area contributed by atoms with Crippen LogP contribution >= 0.6 is 0 Å². The molecule has 2 N–H and O–H groups in total. The minimum Gasteiger partial charge on any atom is -0.454 e. The predicted octanol–water partition coefficient (Wildman–Crippen LogP) is 0.279. The average Bonchev–Trinajstić information content (AvgIpc) is 2.50. The number of benzene rings is 1. The van der Waals surface area contributed by atoms with Gasteiger partial charge in [-0.25, -0.2) is 8.42 Å². The Kier molecular flexibility index (Phi) is 6.51. The number of esters is 1. The van der Waals surface area contributed by atoms with Crippen LogP contribution in [0.25, 0.3) is 0 Å². The Morgan fingerprint density at radius 3 is 2.27 bits per heavy atom. The molecule has 0 saturated carbocycles. The van der Waals surface area contributed by atoms with Crippen molar-refractivity contribution >= 4 is 21.9 Å². The first-order chi connectivity index (χ1) is 10.3. The standard InChI is InChI=1S/C14H20N2O5S/c1-10(2)13(14(18)21-9-12(17)15-3)16-22(19,20)11-7-5-4-6-8-11/h4-8,10,13,16H,9H2,1-3H3,(H,15,17). The van der Waals surface area contributed by atoms with Gasteiger partial charge in [0.05, 0.1) is 4.90 Å². The molecule has 0 spiro atoms. The Morgan fingerprint density at radius 2 is 1.77 bits per heavy atom. The fourth-order valence-electron chi connectivity index (χ4n) is 1.59. The van der Waals surface area contributed by atoms with E-state index >= 15 is 0 Å². The Labute approximate surface area is 130 Å². The minimum absolute atomic E-state index is 0.0553. The molecular weight excluding hydrogens is 308 g/mol. The van der Waals surface area contributed by atoms with Crippen molar-refractivity contribution in [3.63, 3.8) is 0 Å². The van der Waals surface area contributed by atoms with Crippen LogP contribution in [-0.2, 0) is 24.3 Å². The van der Waals surface area contributed by atoms with Crippen molar-refractivity contribution in [2.75, 3.05) is 13.7 Å². The second-order valence-corrected chi connectivity index (χ2v) is 6.65. The molecule has 8 heteroatoms. The van der Waals surface area contributed by atoms with Crippen LogP contribution in [0.15, 0.2) is 35.2 Å². The number of hydrogen-bond donors (Lipinski definition) is 2. The van der Waals surface area contributed by atoms with Gasteiger partial charge in [-0.3, -0.25) is 9.59 Å². The molecule has 1 atom stereocenters. The Morgan fingerprint density at radius 1 is 1.18 bits per heavy atom. The molecule has 1 rings (SSSR count). The number of hydrogen-bond acceptors (Lipinski definition) is 5. The molecule has 0 bridgehead atoms. The third-order valence-electron chi connectivity index (χ3n) is 2.88. The van der Waals surface area contributed by atoms with Crippen molar-refractivity contribution < 1.29 is 22.7 Å². The lowest BCUT2D eigenvalue weighted by Gasteiger charge is -2.20. The zero-order valence-corrected chi connectivity index (χ0v) is 13.5. The van der Waals surface area contributed by atoms with Crippen LogP contribution in [0.5, 0.6) is 0 Å². The molecule has 1 unspecified atom stereocenters. The summed E-state index contributed by atoms with van der Waals surface area (Å²) in [4.78, 5) is 23.1. The first kappa shape index (κ1) is 18.1. The van der Waals surface area contributed by atoms with Gasteiger partial charge in [0.15, 0.2) is 6.61 Å². The molecule has 0 aromatic heterocycles. The number of carbonyl (C=O) groups is 2. The highest BCUT2D eigenvalue weighted by molar-refractivity contribution is 7.89. The summed E-state index contributed by atoms with van der Waals surface area (Å²) >= 11 is 0. The third kappa shape index (κ3) is 5.12. The number of ether oxygens (including phenoxy) is 1. The molecule has 7 nitrogen and oxygen atoms in total.